The number of esters is 1. The molecule has 0 saturated carbocycles. The summed E-state index contributed by atoms with van der Waals surface area (Å²) in [6, 6.07) is 11.2. The first-order valence-corrected chi connectivity index (χ1v) is 8.41. The van der Waals surface area contributed by atoms with Gasteiger partial charge in [0.1, 0.15) is 5.82 Å². The summed E-state index contributed by atoms with van der Waals surface area (Å²) >= 11 is 0. The van der Waals surface area contributed by atoms with Crippen molar-refractivity contribution in [3.8, 4) is 11.1 Å². The summed E-state index contributed by atoms with van der Waals surface area (Å²) < 4.78 is 24.2. The van der Waals surface area contributed by atoms with Gasteiger partial charge in [-0.1, -0.05) is 18.2 Å². The van der Waals surface area contributed by atoms with Gasteiger partial charge < -0.3 is 14.8 Å². The number of nitrogens with one attached hydrogen (secondary N) is 1. The molecule has 1 heterocycles. The van der Waals surface area contributed by atoms with E-state index < -0.39 is 11.8 Å². The summed E-state index contributed by atoms with van der Waals surface area (Å²) in [5, 5.41) is 2.91. The zero-order valence-electron chi connectivity index (χ0n) is 14.5. The lowest BCUT2D eigenvalue weighted by atomic mass is 9.99. The highest BCUT2D eigenvalue weighted by Gasteiger charge is 2.19. The third kappa shape index (κ3) is 4.26. The standard InChI is InChI=1S/C20H20FNO4/c1-25-19(23)10-13-5-6-18(21)17(9-13)14-3-2-4-15(11-14)20(24)22-16-7-8-26-12-16/h2-6,9,11,16H,7-8,10,12H2,1H3,(H,22,24)/t16-/m1/s1. The van der Waals surface area contributed by atoms with Crippen molar-refractivity contribution in [2.24, 2.45) is 0 Å². The van der Waals surface area contributed by atoms with Gasteiger partial charge in [0.2, 0.25) is 0 Å². The zero-order valence-corrected chi connectivity index (χ0v) is 14.5. The van der Waals surface area contributed by atoms with Gasteiger partial charge in [0, 0.05) is 17.7 Å². The fraction of sp³-hybridized carbons (Fsp3) is 0.300. The summed E-state index contributed by atoms with van der Waals surface area (Å²) in [5.74, 6) is -1.02. The van der Waals surface area contributed by atoms with E-state index >= 15 is 0 Å². The second kappa shape index (κ2) is 8.10. The molecule has 0 spiro atoms. The van der Waals surface area contributed by atoms with Crippen LogP contribution in [0.25, 0.3) is 11.1 Å². The number of amides is 1. The third-order valence-corrected chi connectivity index (χ3v) is 4.31. The molecule has 1 N–H and O–H groups in total. The van der Waals surface area contributed by atoms with Crippen LogP contribution in [0.3, 0.4) is 0 Å². The first kappa shape index (κ1) is 18.1. The molecule has 3 rings (SSSR count). The second-order valence-electron chi connectivity index (χ2n) is 6.18. The minimum atomic E-state index is -0.416. The van der Waals surface area contributed by atoms with E-state index in [4.69, 9.17) is 4.74 Å². The first-order valence-electron chi connectivity index (χ1n) is 8.41. The Balaban J connectivity index is 1.83. The molecule has 136 valence electrons. The van der Waals surface area contributed by atoms with Crippen LogP contribution in [0.15, 0.2) is 42.5 Å². The molecule has 1 aliphatic rings. The lowest BCUT2D eigenvalue weighted by Gasteiger charge is -2.12. The molecule has 26 heavy (non-hydrogen) atoms. The quantitative estimate of drug-likeness (QED) is 0.836. The van der Waals surface area contributed by atoms with Crippen LogP contribution >= 0.6 is 0 Å². The molecule has 1 saturated heterocycles. The van der Waals surface area contributed by atoms with Crippen molar-refractivity contribution in [1.29, 1.82) is 0 Å². The van der Waals surface area contributed by atoms with Crippen LogP contribution in [0.4, 0.5) is 4.39 Å². The molecule has 2 aromatic carbocycles. The number of carbonyl (C=O) groups excluding carboxylic acids is 2. The third-order valence-electron chi connectivity index (χ3n) is 4.31. The summed E-state index contributed by atoms with van der Waals surface area (Å²) in [4.78, 5) is 23.8. The highest BCUT2D eigenvalue weighted by molar-refractivity contribution is 5.95. The van der Waals surface area contributed by atoms with Crippen molar-refractivity contribution in [3.63, 3.8) is 0 Å². The van der Waals surface area contributed by atoms with Crippen molar-refractivity contribution < 1.29 is 23.5 Å². The SMILES string of the molecule is COC(=O)Cc1ccc(F)c(-c2cccc(C(=O)N[C@@H]3CCOC3)c2)c1. The van der Waals surface area contributed by atoms with Gasteiger partial charge in [0.25, 0.3) is 5.91 Å². The van der Waals surface area contributed by atoms with Gasteiger partial charge in [-0.15, -0.1) is 0 Å². The normalized spacial score (nSPS) is 16.3. The lowest BCUT2D eigenvalue weighted by molar-refractivity contribution is -0.139. The smallest absolute Gasteiger partial charge is 0.309 e. The predicted molar refractivity (Wildman–Crippen MR) is 94.2 cm³/mol. The van der Waals surface area contributed by atoms with E-state index in [-0.39, 0.29) is 18.4 Å². The number of hydrogen-bond donors (Lipinski definition) is 1. The monoisotopic (exact) mass is 357 g/mol. The number of halogens is 1. The maximum Gasteiger partial charge on any atom is 0.309 e. The minimum Gasteiger partial charge on any atom is -0.469 e. The van der Waals surface area contributed by atoms with Gasteiger partial charge in [-0.2, -0.15) is 0 Å². The van der Waals surface area contributed by atoms with E-state index in [1.54, 1.807) is 36.4 Å². The molecule has 0 unspecified atom stereocenters. The fourth-order valence-electron chi connectivity index (χ4n) is 2.89. The number of ether oxygens (including phenoxy) is 2. The van der Waals surface area contributed by atoms with Crippen molar-refractivity contribution in [3.05, 3.63) is 59.4 Å². The molecule has 0 aliphatic carbocycles. The van der Waals surface area contributed by atoms with Crippen LogP contribution in [-0.2, 0) is 20.7 Å². The molecule has 6 heteroatoms. The Kier molecular flexibility index (Phi) is 5.63. The molecule has 1 atom stereocenters. The van der Waals surface area contributed by atoms with Crippen LogP contribution in [0, 0.1) is 5.82 Å². The summed E-state index contributed by atoms with van der Waals surface area (Å²) in [6.07, 6.45) is 0.848. The Bertz CT molecular complexity index is 815. The maximum absolute atomic E-state index is 14.3. The van der Waals surface area contributed by atoms with E-state index in [0.29, 0.717) is 35.5 Å². The van der Waals surface area contributed by atoms with Gasteiger partial charge in [-0.05, 0) is 41.8 Å². The van der Waals surface area contributed by atoms with Gasteiger partial charge in [-0.25, -0.2) is 4.39 Å². The van der Waals surface area contributed by atoms with Crippen molar-refractivity contribution >= 4 is 11.9 Å². The highest BCUT2D eigenvalue weighted by atomic mass is 19.1. The lowest BCUT2D eigenvalue weighted by Crippen LogP contribution is -2.34. The molecule has 0 aromatic heterocycles. The Morgan fingerprint density at radius 2 is 2.12 bits per heavy atom. The number of benzene rings is 2. The number of hydrogen-bond acceptors (Lipinski definition) is 4. The zero-order chi connectivity index (χ0) is 18.5. The van der Waals surface area contributed by atoms with Crippen LogP contribution in [0.1, 0.15) is 22.3 Å². The topological polar surface area (TPSA) is 64.6 Å². The summed E-state index contributed by atoms with van der Waals surface area (Å²) in [7, 11) is 1.31. The molecule has 2 aromatic rings. The molecular weight excluding hydrogens is 337 g/mol. The Hall–Kier alpha value is -2.73. The van der Waals surface area contributed by atoms with E-state index in [1.807, 2.05) is 0 Å². The maximum atomic E-state index is 14.3. The van der Waals surface area contributed by atoms with Gasteiger partial charge in [0.15, 0.2) is 0 Å². The van der Waals surface area contributed by atoms with Crippen LogP contribution < -0.4 is 5.32 Å². The Morgan fingerprint density at radius 3 is 2.85 bits per heavy atom. The molecule has 1 amide bonds. The fourth-order valence-corrected chi connectivity index (χ4v) is 2.89. The van der Waals surface area contributed by atoms with Gasteiger partial charge in [0.05, 0.1) is 26.2 Å². The number of rotatable bonds is 5. The second-order valence-corrected chi connectivity index (χ2v) is 6.18. The summed E-state index contributed by atoms with van der Waals surface area (Å²) in [5.41, 5.74) is 2.01. The summed E-state index contributed by atoms with van der Waals surface area (Å²) in [6.45, 7) is 1.15. The minimum absolute atomic E-state index is 0.00581. The van der Waals surface area contributed by atoms with E-state index in [1.165, 1.54) is 13.2 Å². The van der Waals surface area contributed by atoms with E-state index in [0.717, 1.165) is 6.42 Å². The predicted octanol–water partition coefficient (Wildman–Crippen LogP) is 2.73. The van der Waals surface area contributed by atoms with E-state index in [9.17, 15) is 14.0 Å². The number of carbonyl (C=O) groups is 2. The molecule has 0 radical (unpaired) electrons. The van der Waals surface area contributed by atoms with Crippen LogP contribution in [0.2, 0.25) is 0 Å². The van der Waals surface area contributed by atoms with Crippen LogP contribution in [-0.4, -0.2) is 38.2 Å². The molecular formula is C20H20FNO4. The van der Waals surface area contributed by atoms with E-state index in [2.05, 4.69) is 10.1 Å². The number of methoxy groups -OCH3 is 1. The van der Waals surface area contributed by atoms with Gasteiger partial charge in [-0.3, -0.25) is 9.59 Å². The largest absolute Gasteiger partial charge is 0.469 e. The van der Waals surface area contributed by atoms with Crippen molar-refractivity contribution in [2.45, 2.75) is 18.9 Å². The molecule has 5 nitrogen and oxygen atoms in total. The molecule has 1 aliphatic heterocycles. The highest BCUT2D eigenvalue weighted by Crippen LogP contribution is 2.25. The molecule has 1 fully saturated rings. The average Bonchev–Trinajstić information content (AvgIpc) is 3.16. The Labute approximate surface area is 151 Å². The van der Waals surface area contributed by atoms with Crippen LogP contribution in [0.5, 0.6) is 0 Å². The Morgan fingerprint density at radius 1 is 1.27 bits per heavy atom. The average molecular weight is 357 g/mol. The molecule has 0 bridgehead atoms. The van der Waals surface area contributed by atoms with Gasteiger partial charge >= 0.3 is 5.97 Å². The van der Waals surface area contributed by atoms with Crippen molar-refractivity contribution in [2.75, 3.05) is 20.3 Å². The van der Waals surface area contributed by atoms with Crippen molar-refractivity contribution in [1.82, 2.24) is 5.32 Å². The first-order chi connectivity index (χ1) is 12.6.